The van der Waals surface area contributed by atoms with Crippen LogP contribution in [-0.2, 0) is 11.1 Å². The predicted molar refractivity (Wildman–Crippen MR) is 109 cm³/mol. The van der Waals surface area contributed by atoms with E-state index in [9.17, 15) is 9.50 Å². The van der Waals surface area contributed by atoms with Gasteiger partial charge in [0.1, 0.15) is 5.82 Å². The van der Waals surface area contributed by atoms with Crippen molar-refractivity contribution < 1.29 is 9.50 Å². The van der Waals surface area contributed by atoms with Crippen LogP contribution in [0.15, 0.2) is 54.6 Å². The fraction of sp³-hybridized carbons (Fsp3) is 0.500. The van der Waals surface area contributed by atoms with Crippen LogP contribution in [0, 0.1) is 5.82 Å². The molecule has 0 saturated carbocycles. The molecule has 1 heterocycles. The highest BCUT2D eigenvalue weighted by molar-refractivity contribution is 5.28. The number of rotatable bonds is 7. The zero-order valence-electron chi connectivity index (χ0n) is 16.6. The molecule has 0 bridgehead atoms. The Labute approximate surface area is 163 Å². The summed E-state index contributed by atoms with van der Waals surface area (Å²) in [5.74, 6) is -0.301. The maximum Gasteiger partial charge on any atom is 0.129 e. The minimum absolute atomic E-state index is 0.00131. The summed E-state index contributed by atoms with van der Waals surface area (Å²) in [4.78, 5) is 2.55. The molecule has 1 aliphatic rings. The number of aliphatic hydroxyl groups is 1. The first-order valence-electron chi connectivity index (χ1n) is 10.3. The number of nitrogens with zero attached hydrogens (tertiary/aromatic N) is 1. The normalized spacial score (nSPS) is 17.8. The van der Waals surface area contributed by atoms with Crippen molar-refractivity contribution in [1.29, 1.82) is 0 Å². The lowest BCUT2D eigenvalue weighted by Crippen LogP contribution is -2.53. The first-order chi connectivity index (χ1) is 13.1. The van der Waals surface area contributed by atoms with Crippen molar-refractivity contribution in [2.75, 3.05) is 13.1 Å². The average Bonchev–Trinajstić information content (AvgIpc) is 2.69. The molecule has 2 nitrogen and oxygen atoms in total. The van der Waals surface area contributed by atoms with E-state index < -0.39 is 5.60 Å². The molecule has 0 aliphatic carbocycles. The fourth-order valence-corrected chi connectivity index (χ4v) is 4.90. The van der Waals surface area contributed by atoms with Crippen molar-refractivity contribution in [2.24, 2.45) is 0 Å². The Kier molecular flexibility index (Phi) is 6.33. The molecule has 27 heavy (non-hydrogen) atoms. The lowest BCUT2D eigenvalue weighted by Gasteiger charge is -2.50. The van der Waals surface area contributed by atoms with Gasteiger partial charge in [0, 0.05) is 24.2 Å². The summed E-state index contributed by atoms with van der Waals surface area (Å²) >= 11 is 0. The number of piperidine rings is 1. The number of likely N-dealkylation sites (tertiary alicyclic amines) is 1. The quantitative estimate of drug-likeness (QED) is 0.686. The smallest absolute Gasteiger partial charge is 0.129 e. The molecule has 146 valence electrons. The van der Waals surface area contributed by atoms with Crippen LogP contribution in [0.25, 0.3) is 0 Å². The van der Waals surface area contributed by atoms with E-state index >= 15 is 0 Å². The summed E-state index contributed by atoms with van der Waals surface area (Å²) < 4.78 is 14.3. The van der Waals surface area contributed by atoms with Gasteiger partial charge in [-0.2, -0.15) is 0 Å². The van der Waals surface area contributed by atoms with Gasteiger partial charge in [-0.3, -0.25) is 4.90 Å². The van der Waals surface area contributed by atoms with Crippen molar-refractivity contribution >= 4 is 0 Å². The third kappa shape index (κ3) is 3.95. The van der Waals surface area contributed by atoms with E-state index in [1.54, 1.807) is 12.1 Å². The molecule has 3 heteroatoms. The van der Waals surface area contributed by atoms with E-state index in [2.05, 4.69) is 49.1 Å². The van der Waals surface area contributed by atoms with Crippen molar-refractivity contribution in [2.45, 2.75) is 63.5 Å². The molecule has 1 N–H and O–H groups in total. The van der Waals surface area contributed by atoms with Crippen LogP contribution in [0.2, 0.25) is 0 Å². The van der Waals surface area contributed by atoms with Crippen molar-refractivity contribution in [1.82, 2.24) is 4.90 Å². The average molecular weight is 370 g/mol. The summed E-state index contributed by atoms with van der Waals surface area (Å²) in [7, 11) is 0. The number of hydrogen-bond donors (Lipinski definition) is 1. The van der Waals surface area contributed by atoms with Crippen LogP contribution in [0.4, 0.5) is 4.39 Å². The van der Waals surface area contributed by atoms with Gasteiger partial charge in [0.05, 0.1) is 5.60 Å². The van der Waals surface area contributed by atoms with Crippen LogP contribution >= 0.6 is 0 Å². The largest absolute Gasteiger partial charge is 0.385 e. The molecule has 0 radical (unpaired) electrons. The SMILES string of the molecule is CCCC(CCC)(c1ccccc1)N1CCC(O)(c2ccccc2F)CC1. The van der Waals surface area contributed by atoms with Gasteiger partial charge < -0.3 is 5.11 Å². The van der Waals surface area contributed by atoms with E-state index in [-0.39, 0.29) is 11.4 Å². The van der Waals surface area contributed by atoms with Crippen LogP contribution < -0.4 is 0 Å². The van der Waals surface area contributed by atoms with Gasteiger partial charge in [-0.15, -0.1) is 0 Å². The molecule has 1 aliphatic heterocycles. The molecule has 0 aromatic heterocycles. The number of halogens is 1. The predicted octanol–water partition coefficient (Wildman–Crippen LogP) is 5.60. The van der Waals surface area contributed by atoms with Gasteiger partial charge in [-0.1, -0.05) is 75.2 Å². The van der Waals surface area contributed by atoms with Crippen LogP contribution in [0.3, 0.4) is 0 Å². The Morgan fingerprint density at radius 3 is 2.04 bits per heavy atom. The van der Waals surface area contributed by atoms with Gasteiger partial charge in [0.25, 0.3) is 0 Å². The fourth-order valence-electron chi connectivity index (χ4n) is 4.90. The van der Waals surface area contributed by atoms with Gasteiger partial charge in [0.2, 0.25) is 0 Å². The monoisotopic (exact) mass is 369 g/mol. The van der Waals surface area contributed by atoms with Crippen molar-refractivity contribution in [3.8, 4) is 0 Å². The Morgan fingerprint density at radius 1 is 0.926 bits per heavy atom. The molecule has 0 atom stereocenters. The summed E-state index contributed by atoms with van der Waals surface area (Å²) in [5.41, 5.74) is 0.746. The van der Waals surface area contributed by atoms with Gasteiger partial charge in [-0.05, 0) is 37.3 Å². The first kappa shape index (κ1) is 20.0. The standard InChI is InChI=1S/C24H32FNO/c1-3-14-23(15-4-2,20-10-6-5-7-11-20)26-18-16-24(27,17-19-26)21-12-8-9-13-22(21)25/h5-13,27H,3-4,14-19H2,1-2H3. The molecular weight excluding hydrogens is 337 g/mol. The zero-order valence-corrected chi connectivity index (χ0v) is 16.6. The van der Waals surface area contributed by atoms with E-state index in [1.165, 1.54) is 11.6 Å². The van der Waals surface area contributed by atoms with Crippen molar-refractivity contribution in [3.63, 3.8) is 0 Å². The zero-order chi connectivity index (χ0) is 19.3. The van der Waals surface area contributed by atoms with E-state index in [1.807, 2.05) is 6.07 Å². The highest BCUT2D eigenvalue weighted by Crippen LogP contribution is 2.43. The van der Waals surface area contributed by atoms with Crippen LogP contribution in [0.5, 0.6) is 0 Å². The number of hydrogen-bond acceptors (Lipinski definition) is 2. The maximum absolute atomic E-state index is 14.3. The molecule has 2 aromatic rings. The van der Waals surface area contributed by atoms with E-state index in [4.69, 9.17) is 0 Å². The molecule has 1 saturated heterocycles. The summed E-state index contributed by atoms with van der Waals surface area (Å²) in [6.07, 6.45) is 5.56. The highest BCUT2D eigenvalue weighted by atomic mass is 19.1. The highest BCUT2D eigenvalue weighted by Gasteiger charge is 2.43. The molecule has 0 spiro atoms. The Balaban J connectivity index is 1.87. The summed E-state index contributed by atoms with van der Waals surface area (Å²) in [5, 5.41) is 11.2. The Hall–Kier alpha value is -1.71. The van der Waals surface area contributed by atoms with E-state index in [0.717, 1.165) is 38.8 Å². The maximum atomic E-state index is 14.3. The number of benzene rings is 2. The lowest BCUT2D eigenvalue weighted by atomic mass is 9.76. The second-order valence-corrected chi connectivity index (χ2v) is 7.90. The van der Waals surface area contributed by atoms with Crippen LogP contribution in [-0.4, -0.2) is 23.1 Å². The molecular formula is C24H32FNO. The third-order valence-electron chi connectivity index (χ3n) is 6.21. The Bertz CT molecular complexity index is 716. The molecule has 1 fully saturated rings. The molecule has 0 amide bonds. The minimum atomic E-state index is -1.07. The van der Waals surface area contributed by atoms with Crippen molar-refractivity contribution in [3.05, 3.63) is 71.5 Å². The first-order valence-corrected chi connectivity index (χ1v) is 10.3. The molecule has 2 aromatic carbocycles. The topological polar surface area (TPSA) is 23.5 Å². The minimum Gasteiger partial charge on any atom is -0.385 e. The van der Waals surface area contributed by atoms with Gasteiger partial charge >= 0.3 is 0 Å². The molecule has 3 rings (SSSR count). The lowest BCUT2D eigenvalue weighted by molar-refractivity contribution is -0.0644. The van der Waals surface area contributed by atoms with E-state index in [0.29, 0.717) is 18.4 Å². The molecule has 0 unspecified atom stereocenters. The summed E-state index contributed by atoms with van der Waals surface area (Å²) in [6.45, 7) is 6.04. The van der Waals surface area contributed by atoms with Gasteiger partial charge in [-0.25, -0.2) is 4.39 Å². The second kappa shape index (κ2) is 8.53. The van der Waals surface area contributed by atoms with Gasteiger partial charge in [0.15, 0.2) is 0 Å². The Morgan fingerprint density at radius 2 is 1.48 bits per heavy atom. The third-order valence-corrected chi connectivity index (χ3v) is 6.21. The summed E-state index contributed by atoms with van der Waals surface area (Å²) in [6, 6.07) is 17.5. The second-order valence-electron chi connectivity index (χ2n) is 7.90. The van der Waals surface area contributed by atoms with Crippen LogP contribution in [0.1, 0.15) is 63.5 Å².